The summed E-state index contributed by atoms with van der Waals surface area (Å²) < 4.78 is 1.02. The molecule has 2 nitrogen and oxygen atoms in total. The molecule has 0 saturated heterocycles. The summed E-state index contributed by atoms with van der Waals surface area (Å²) in [5, 5.41) is 3.51. The molecule has 0 saturated carbocycles. The van der Waals surface area contributed by atoms with Gasteiger partial charge in [-0.2, -0.15) is 0 Å². The molecule has 0 aliphatic rings. The number of hydrogen-bond acceptors (Lipinski definition) is 1. The first kappa shape index (κ1) is 14.8. The van der Waals surface area contributed by atoms with E-state index in [1.54, 1.807) is 18.2 Å². The van der Waals surface area contributed by atoms with Crippen LogP contribution in [0.25, 0.3) is 6.08 Å². The van der Waals surface area contributed by atoms with Gasteiger partial charge in [-0.1, -0.05) is 51.8 Å². The summed E-state index contributed by atoms with van der Waals surface area (Å²) in [6, 6.07) is 15.1. The molecule has 0 atom stereocenters. The van der Waals surface area contributed by atoms with E-state index in [9.17, 15) is 4.79 Å². The smallest absolute Gasteiger partial charge is 0.244 e. The molecule has 0 heterocycles. The van der Waals surface area contributed by atoms with Crippen molar-refractivity contribution in [1.29, 1.82) is 0 Å². The van der Waals surface area contributed by atoms with Crippen LogP contribution < -0.4 is 5.32 Å². The summed E-state index contributed by atoms with van der Waals surface area (Å²) >= 11 is 9.17. The van der Waals surface area contributed by atoms with Crippen molar-refractivity contribution in [1.82, 2.24) is 5.32 Å². The topological polar surface area (TPSA) is 29.1 Å². The predicted molar refractivity (Wildman–Crippen MR) is 86.5 cm³/mol. The Labute approximate surface area is 131 Å². The number of nitrogens with one attached hydrogen (secondary N) is 1. The summed E-state index contributed by atoms with van der Waals surface area (Å²) in [5.41, 5.74) is 2.00. The van der Waals surface area contributed by atoms with Crippen molar-refractivity contribution in [3.63, 3.8) is 0 Å². The largest absolute Gasteiger partial charge is 0.348 e. The highest BCUT2D eigenvalue weighted by atomic mass is 79.9. The maximum Gasteiger partial charge on any atom is 0.244 e. The molecule has 2 aromatic rings. The number of rotatable bonds is 4. The van der Waals surface area contributed by atoms with Crippen LogP contribution in [0.5, 0.6) is 0 Å². The van der Waals surface area contributed by atoms with Crippen LogP contribution in [0, 0.1) is 0 Å². The van der Waals surface area contributed by atoms with Crippen LogP contribution in [0.15, 0.2) is 59.1 Å². The zero-order valence-electron chi connectivity index (χ0n) is 10.6. The van der Waals surface area contributed by atoms with E-state index in [-0.39, 0.29) is 5.91 Å². The minimum absolute atomic E-state index is 0.122. The molecule has 1 N–H and O–H groups in total. The maximum absolute atomic E-state index is 11.7. The van der Waals surface area contributed by atoms with Gasteiger partial charge in [0.1, 0.15) is 0 Å². The highest BCUT2D eigenvalue weighted by Crippen LogP contribution is 2.11. The minimum atomic E-state index is -0.122. The monoisotopic (exact) mass is 349 g/mol. The lowest BCUT2D eigenvalue weighted by atomic mass is 10.2. The fraction of sp³-hybridized carbons (Fsp3) is 0.0625. The molecule has 0 spiro atoms. The van der Waals surface area contributed by atoms with Crippen LogP contribution in [-0.2, 0) is 11.3 Å². The van der Waals surface area contributed by atoms with Gasteiger partial charge in [0.2, 0.25) is 5.91 Å². The minimum Gasteiger partial charge on any atom is -0.348 e. The zero-order valence-corrected chi connectivity index (χ0v) is 13.0. The van der Waals surface area contributed by atoms with Gasteiger partial charge in [-0.25, -0.2) is 0 Å². The molecule has 0 unspecified atom stereocenters. The molecular weight excluding hydrogens is 338 g/mol. The zero-order chi connectivity index (χ0) is 14.4. The second-order valence-corrected chi connectivity index (χ2v) is 5.58. The third kappa shape index (κ3) is 4.83. The van der Waals surface area contributed by atoms with Gasteiger partial charge in [0.25, 0.3) is 0 Å². The van der Waals surface area contributed by atoms with Crippen molar-refractivity contribution in [3.8, 4) is 0 Å². The highest BCUT2D eigenvalue weighted by Gasteiger charge is 1.97. The number of carbonyl (C=O) groups excluding carboxylic acids is 1. The Hall–Kier alpha value is -1.58. The first-order valence-corrected chi connectivity index (χ1v) is 7.26. The van der Waals surface area contributed by atoms with Crippen molar-refractivity contribution < 1.29 is 4.79 Å². The summed E-state index contributed by atoms with van der Waals surface area (Å²) in [4.78, 5) is 11.7. The fourth-order valence-electron chi connectivity index (χ4n) is 1.60. The third-order valence-electron chi connectivity index (χ3n) is 2.68. The Balaban J connectivity index is 1.86. The summed E-state index contributed by atoms with van der Waals surface area (Å²) in [6.07, 6.45) is 3.31. The summed E-state index contributed by atoms with van der Waals surface area (Å²) in [5.74, 6) is -0.122. The Bertz CT molecular complexity index is 605. The molecule has 1 amide bonds. The van der Waals surface area contributed by atoms with Crippen LogP contribution in [0.2, 0.25) is 5.02 Å². The maximum atomic E-state index is 11.7. The van der Waals surface area contributed by atoms with Crippen molar-refractivity contribution in [3.05, 3.63) is 75.2 Å². The van der Waals surface area contributed by atoms with E-state index < -0.39 is 0 Å². The normalized spacial score (nSPS) is 10.7. The molecule has 0 aliphatic carbocycles. The standard InChI is InChI=1S/C16H13BrClNO/c17-14-6-1-12(2-7-14)5-10-16(20)19-11-13-3-8-15(18)9-4-13/h1-10H,11H2,(H,19,20)/b10-5-. The first-order valence-electron chi connectivity index (χ1n) is 6.09. The molecule has 0 radical (unpaired) electrons. The number of benzene rings is 2. The number of halogens is 2. The molecule has 2 aromatic carbocycles. The highest BCUT2D eigenvalue weighted by molar-refractivity contribution is 9.10. The number of hydrogen-bond donors (Lipinski definition) is 1. The second-order valence-electron chi connectivity index (χ2n) is 4.23. The molecular formula is C16H13BrClNO. The summed E-state index contributed by atoms with van der Waals surface area (Å²) in [7, 11) is 0. The molecule has 0 aliphatic heterocycles. The van der Waals surface area contributed by atoms with Crippen molar-refractivity contribution in [2.75, 3.05) is 0 Å². The Morgan fingerprint density at radius 2 is 1.75 bits per heavy atom. The average Bonchev–Trinajstić information content (AvgIpc) is 2.46. The molecule has 20 heavy (non-hydrogen) atoms. The molecule has 0 fully saturated rings. The van der Waals surface area contributed by atoms with Gasteiger partial charge in [-0.05, 0) is 41.5 Å². The Morgan fingerprint density at radius 1 is 1.10 bits per heavy atom. The van der Waals surface area contributed by atoms with Gasteiger partial charge in [0, 0.05) is 22.1 Å². The predicted octanol–water partition coefficient (Wildman–Crippen LogP) is 4.43. The van der Waals surface area contributed by atoms with Crippen molar-refractivity contribution in [2.45, 2.75) is 6.54 Å². The molecule has 4 heteroatoms. The van der Waals surface area contributed by atoms with Crippen LogP contribution in [0.4, 0.5) is 0 Å². The van der Waals surface area contributed by atoms with E-state index >= 15 is 0 Å². The van der Waals surface area contributed by atoms with Crippen LogP contribution in [-0.4, -0.2) is 5.91 Å². The van der Waals surface area contributed by atoms with E-state index in [4.69, 9.17) is 11.6 Å². The van der Waals surface area contributed by atoms with Crippen LogP contribution in [0.3, 0.4) is 0 Å². The molecule has 2 rings (SSSR count). The van der Waals surface area contributed by atoms with Crippen LogP contribution in [0.1, 0.15) is 11.1 Å². The third-order valence-corrected chi connectivity index (χ3v) is 3.46. The Morgan fingerprint density at radius 3 is 2.40 bits per heavy atom. The number of carbonyl (C=O) groups is 1. The fourth-order valence-corrected chi connectivity index (χ4v) is 1.99. The van der Waals surface area contributed by atoms with E-state index in [1.807, 2.05) is 36.4 Å². The van der Waals surface area contributed by atoms with Crippen molar-refractivity contribution in [2.24, 2.45) is 0 Å². The van der Waals surface area contributed by atoms with Gasteiger partial charge in [-0.15, -0.1) is 0 Å². The van der Waals surface area contributed by atoms with Gasteiger partial charge in [0.15, 0.2) is 0 Å². The van der Waals surface area contributed by atoms with E-state index in [2.05, 4.69) is 21.2 Å². The van der Waals surface area contributed by atoms with Crippen molar-refractivity contribution >= 4 is 39.5 Å². The second kappa shape index (κ2) is 7.27. The lowest BCUT2D eigenvalue weighted by Gasteiger charge is -2.02. The lowest BCUT2D eigenvalue weighted by molar-refractivity contribution is -0.116. The lowest BCUT2D eigenvalue weighted by Crippen LogP contribution is -2.20. The average molecular weight is 351 g/mol. The van der Waals surface area contributed by atoms with Gasteiger partial charge < -0.3 is 5.32 Å². The van der Waals surface area contributed by atoms with Gasteiger partial charge >= 0.3 is 0 Å². The van der Waals surface area contributed by atoms with E-state index in [0.29, 0.717) is 11.6 Å². The van der Waals surface area contributed by atoms with E-state index in [0.717, 1.165) is 15.6 Å². The molecule has 0 aromatic heterocycles. The molecule has 102 valence electrons. The van der Waals surface area contributed by atoms with Gasteiger partial charge in [-0.3, -0.25) is 4.79 Å². The number of amides is 1. The quantitative estimate of drug-likeness (QED) is 0.812. The SMILES string of the molecule is O=C(/C=C\c1ccc(Br)cc1)NCc1ccc(Cl)cc1. The Kier molecular flexibility index (Phi) is 5.39. The first-order chi connectivity index (χ1) is 9.63. The van der Waals surface area contributed by atoms with Crippen LogP contribution >= 0.6 is 27.5 Å². The van der Waals surface area contributed by atoms with E-state index in [1.165, 1.54) is 6.08 Å². The molecule has 0 bridgehead atoms. The van der Waals surface area contributed by atoms with Gasteiger partial charge in [0.05, 0.1) is 0 Å². The summed E-state index contributed by atoms with van der Waals surface area (Å²) in [6.45, 7) is 0.487.